The van der Waals surface area contributed by atoms with Gasteiger partial charge >= 0.3 is 0 Å². The summed E-state index contributed by atoms with van der Waals surface area (Å²) in [7, 11) is 1.67. The van der Waals surface area contributed by atoms with Gasteiger partial charge in [0.25, 0.3) is 5.91 Å². The van der Waals surface area contributed by atoms with Crippen LogP contribution in [-0.4, -0.2) is 71.6 Å². The number of carbonyl (C=O) groups excluding carboxylic acids is 1. The van der Waals surface area contributed by atoms with Crippen molar-refractivity contribution in [2.45, 2.75) is 44.7 Å². The Bertz CT molecular complexity index is 838. The maximum atomic E-state index is 13.0. The molecule has 2 aliphatic heterocycles. The molecule has 2 fully saturated rings. The van der Waals surface area contributed by atoms with Gasteiger partial charge in [-0.3, -0.25) is 14.7 Å². The molecule has 4 rings (SSSR count). The third-order valence-corrected chi connectivity index (χ3v) is 7.27. The molecule has 4 heterocycles. The van der Waals surface area contributed by atoms with Gasteiger partial charge in [-0.2, -0.15) is 0 Å². The number of aromatic nitrogens is 2. The number of nitrogens with one attached hydrogen (secondary N) is 1. The summed E-state index contributed by atoms with van der Waals surface area (Å²) in [6.07, 6.45) is 8.25. The summed E-state index contributed by atoms with van der Waals surface area (Å²) in [6.45, 7) is 6.91. The summed E-state index contributed by atoms with van der Waals surface area (Å²) in [4.78, 5) is 27.2. The fraction of sp³-hybridized carbons (Fsp3) is 0.609. The number of carbonyl (C=O) groups is 1. The van der Waals surface area contributed by atoms with Crippen LogP contribution in [0.25, 0.3) is 0 Å². The first-order valence-electron chi connectivity index (χ1n) is 11.3. The number of hydrogen-bond acceptors (Lipinski definition) is 7. The topological polar surface area (TPSA) is 70.6 Å². The molecule has 168 valence electrons. The van der Waals surface area contributed by atoms with E-state index in [0.29, 0.717) is 22.7 Å². The average molecular weight is 444 g/mol. The van der Waals surface area contributed by atoms with E-state index in [4.69, 9.17) is 4.74 Å². The van der Waals surface area contributed by atoms with E-state index in [-0.39, 0.29) is 11.9 Å². The predicted octanol–water partition coefficient (Wildman–Crippen LogP) is 3.67. The number of thiazole rings is 1. The zero-order valence-electron chi connectivity index (χ0n) is 18.5. The number of hydrogen-bond donors (Lipinski definition) is 1. The molecule has 0 aromatic carbocycles. The second-order valence-corrected chi connectivity index (χ2v) is 9.73. The van der Waals surface area contributed by atoms with Crippen molar-refractivity contribution in [2.24, 2.45) is 5.92 Å². The van der Waals surface area contributed by atoms with Gasteiger partial charge in [-0.25, -0.2) is 4.98 Å². The summed E-state index contributed by atoms with van der Waals surface area (Å²) in [5.41, 5.74) is 0.890. The van der Waals surface area contributed by atoms with Gasteiger partial charge in [0.1, 0.15) is 4.88 Å². The van der Waals surface area contributed by atoms with Crippen molar-refractivity contribution in [2.75, 3.05) is 45.2 Å². The van der Waals surface area contributed by atoms with Gasteiger partial charge in [-0.1, -0.05) is 24.3 Å². The largest absolute Gasteiger partial charge is 0.382 e. The normalized spacial score (nSPS) is 21.7. The highest BCUT2D eigenvalue weighted by Crippen LogP contribution is 2.27. The maximum Gasteiger partial charge on any atom is 0.265 e. The minimum Gasteiger partial charge on any atom is -0.382 e. The summed E-state index contributed by atoms with van der Waals surface area (Å²) < 4.78 is 5.34. The number of methoxy groups -OCH3 is 1. The van der Waals surface area contributed by atoms with Crippen LogP contribution in [0.15, 0.2) is 30.6 Å². The van der Waals surface area contributed by atoms with Gasteiger partial charge in [-0.15, -0.1) is 0 Å². The van der Waals surface area contributed by atoms with Gasteiger partial charge in [0.2, 0.25) is 0 Å². The average Bonchev–Trinajstić information content (AvgIpc) is 3.28. The van der Waals surface area contributed by atoms with Gasteiger partial charge in [0, 0.05) is 39.0 Å². The minimum atomic E-state index is -0.108. The van der Waals surface area contributed by atoms with Gasteiger partial charge < -0.3 is 15.0 Å². The first kappa shape index (κ1) is 22.2. The van der Waals surface area contributed by atoms with Crippen LogP contribution in [0.2, 0.25) is 0 Å². The number of pyridine rings is 1. The zero-order chi connectivity index (χ0) is 21.6. The molecule has 2 saturated heterocycles. The van der Waals surface area contributed by atoms with Crippen LogP contribution >= 0.6 is 11.3 Å². The van der Waals surface area contributed by atoms with E-state index in [1.807, 2.05) is 23.1 Å². The molecule has 0 aliphatic carbocycles. The number of likely N-dealkylation sites (tertiary alicyclic amines) is 2. The third kappa shape index (κ3) is 5.61. The Morgan fingerprint density at radius 2 is 2.10 bits per heavy atom. The fourth-order valence-corrected chi connectivity index (χ4v) is 5.52. The van der Waals surface area contributed by atoms with Crippen LogP contribution in [0.1, 0.15) is 54.0 Å². The van der Waals surface area contributed by atoms with Crippen molar-refractivity contribution in [1.82, 2.24) is 19.8 Å². The molecule has 2 aromatic heterocycles. The Morgan fingerprint density at radius 3 is 2.81 bits per heavy atom. The molecule has 0 spiro atoms. The molecule has 2 aromatic rings. The highest BCUT2D eigenvalue weighted by Gasteiger charge is 2.30. The lowest BCUT2D eigenvalue weighted by Gasteiger charge is -2.41. The first-order valence-corrected chi connectivity index (χ1v) is 12.1. The Balaban J connectivity index is 1.33. The van der Waals surface area contributed by atoms with Crippen molar-refractivity contribution >= 4 is 22.4 Å². The Morgan fingerprint density at radius 1 is 1.26 bits per heavy atom. The number of amides is 1. The zero-order valence-corrected chi connectivity index (χ0v) is 19.3. The lowest BCUT2D eigenvalue weighted by molar-refractivity contribution is 0.0545. The quantitative estimate of drug-likeness (QED) is 0.704. The van der Waals surface area contributed by atoms with Gasteiger partial charge in [0.15, 0.2) is 5.13 Å². The third-order valence-electron chi connectivity index (χ3n) is 6.35. The Hall–Kier alpha value is -2.03. The highest BCUT2D eigenvalue weighted by atomic mass is 32.1. The summed E-state index contributed by atoms with van der Waals surface area (Å²) in [5.74, 6) is 0.890. The lowest BCUT2D eigenvalue weighted by atomic mass is 9.95. The van der Waals surface area contributed by atoms with E-state index in [0.717, 1.165) is 37.5 Å². The lowest BCUT2D eigenvalue weighted by Crippen LogP contribution is -2.49. The van der Waals surface area contributed by atoms with E-state index < -0.39 is 0 Å². The van der Waals surface area contributed by atoms with Crippen molar-refractivity contribution < 1.29 is 9.53 Å². The molecular formula is C23H33N5O2S. The summed E-state index contributed by atoms with van der Waals surface area (Å²) >= 11 is 1.41. The molecular weight excluding hydrogens is 410 g/mol. The molecule has 2 atom stereocenters. The van der Waals surface area contributed by atoms with E-state index >= 15 is 0 Å². The predicted molar refractivity (Wildman–Crippen MR) is 123 cm³/mol. The van der Waals surface area contributed by atoms with E-state index in [9.17, 15) is 4.79 Å². The van der Waals surface area contributed by atoms with Crippen molar-refractivity contribution in [1.29, 1.82) is 0 Å². The molecule has 0 radical (unpaired) electrons. The van der Waals surface area contributed by atoms with Crippen LogP contribution in [0.5, 0.6) is 0 Å². The molecule has 7 nitrogen and oxygen atoms in total. The van der Waals surface area contributed by atoms with Crippen molar-refractivity contribution in [3.8, 4) is 0 Å². The Labute approximate surface area is 188 Å². The standard InChI is InChI=1S/C23H33N5O2S/c1-17-6-5-11-28(15-17)18-8-12-27(13-9-18)22(29)21-14-25-23(31-21)26-20(16-30-2)19-7-3-4-10-24-19/h3-4,7,10,14,17-18,20H,5-6,8-9,11-13,15-16H2,1-2H3,(H,25,26)/t17-,20?/m1/s1. The van der Waals surface area contributed by atoms with Crippen LogP contribution in [-0.2, 0) is 4.74 Å². The van der Waals surface area contributed by atoms with Crippen LogP contribution in [0.4, 0.5) is 5.13 Å². The number of anilines is 1. The molecule has 31 heavy (non-hydrogen) atoms. The molecule has 1 amide bonds. The highest BCUT2D eigenvalue weighted by molar-refractivity contribution is 7.17. The summed E-state index contributed by atoms with van der Waals surface area (Å²) in [5, 5.41) is 4.09. The van der Waals surface area contributed by atoms with Crippen LogP contribution < -0.4 is 5.32 Å². The SMILES string of the molecule is COCC(Nc1ncc(C(=O)N2CCC(N3CCC[C@@H](C)C3)CC2)s1)c1ccccn1. The fourth-order valence-electron chi connectivity index (χ4n) is 4.69. The van der Waals surface area contributed by atoms with E-state index in [1.54, 1.807) is 19.5 Å². The molecule has 1 N–H and O–H groups in total. The van der Waals surface area contributed by atoms with Gasteiger partial charge in [0.05, 0.1) is 24.5 Å². The molecule has 8 heteroatoms. The molecule has 1 unspecified atom stereocenters. The van der Waals surface area contributed by atoms with Crippen LogP contribution in [0.3, 0.4) is 0 Å². The van der Waals surface area contributed by atoms with Crippen molar-refractivity contribution in [3.63, 3.8) is 0 Å². The maximum absolute atomic E-state index is 13.0. The molecule has 2 aliphatic rings. The first-order chi connectivity index (χ1) is 15.1. The number of piperidine rings is 2. The van der Waals surface area contributed by atoms with E-state index in [1.165, 1.54) is 37.3 Å². The summed E-state index contributed by atoms with van der Waals surface area (Å²) in [6, 6.07) is 6.32. The number of ether oxygens (including phenoxy) is 1. The second-order valence-electron chi connectivity index (χ2n) is 8.70. The number of rotatable bonds is 7. The second kappa shape index (κ2) is 10.5. The van der Waals surface area contributed by atoms with E-state index in [2.05, 4.69) is 27.1 Å². The molecule has 0 bridgehead atoms. The monoisotopic (exact) mass is 443 g/mol. The van der Waals surface area contributed by atoms with Crippen molar-refractivity contribution in [3.05, 3.63) is 41.2 Å². The smallest absolute Gasteiger partial charge is 0.265 e. The Kier molecular flexibility index (Phi) is 7.53. The van der Waals surface area contributed by atoms with Crippen LogP contribution in [0, 0.1) is 5.92 Å². The minimum absolute atomic E-state index is 0.0946. The van der Waals surface area contributed by atoms with Gasteiger partial charge in [-0.05, 0) is 50.3 Å². The molecule has 0 saturated carbocycles. The number of nitrogens with zero attached hydrogens (tertiary/aromatic N) is 4.